The normalized spacial score (nSPS) is 39.7. The molecule has 0 aromatic heterocycles. The molecule has 0 spiro atoms. The molecule has 5 aliphatic carbocycles. The summed E-state index contributed by atoms with van der Waals surface area (Å²) in [6.07, 6.45) is 19.2. The second-order valence-electron chi connectivity index (χ2n) is 14.2. The van der Waals surface area contributed by atoms with Gasteiger partial charge < -0.3 is 10.2 Å². The molecule has 6 heteroatoms. The van der Waals surface area contributed by atoms with E-state index in [1.807, 2.05) is 6.08 Å². The van der Waals surface area contributed by atoms with Crippen LogP contribution in [0.1, 0.15) is 117 Å². The molecule has 1 unspecified atom stereocenters. The predicted octanol–water partition coefficient (Wildman–Crippen LogP) is 6.11. The number of amides is 3. The molecule has 38 heavy (non-hydrogen) atoms. The van der Waals surface area contributed by atoms with Crippen molar-refractivity contribution in [2.75, 3.05) is 6.54 Å². The van der Waals surface area contributed by atoms with Crippen molar-refractivity contribution in [1.29, 1.82) is 0 Å². The van der Waals surface area contributed by atoms with Crippen LogP contribution in [0.25, 0.3) is 0 Å². The Morgan fingerprint density at radius 2 is 1.53 bits per heavy atom. The third kappa shape index (κ3) is 4.42. The number of nitrogens with one attached hydrogen (secondary N) is 2. The van der Waals surface area contributed by atoms with Crippen LogP contribution in [0.5, 0.6) is 0 Å². The minimum Gasteiger partial charge on any atom is -0.387 e. The first-order chi connectivity index (χ1) is 18.3. The molecule has 4 saturated carbocycles. The van der Waals surface area contributed by atoms with E-state index < -0.39 is 0 Å². The molecular formula is C32H49N3O3. The molecule has 0 aromatic rings. The largest absolute Gasteiger partial charge is 0.387 e. The van der Waals surface area contributed by atoms with Gasteiger partial charge in [0.15, 0.2) is 5.78 Å². The van der Waals surface area contributed by atoms with Gasteiger partial charge in [-0.1, -0.05) is 52.4 Å². The van der Waals surface area contributed by atoms with Crippen molar-refractivity contribution in [3.05, 3.63) is 11.8 Å². The van der Waals surface area contributed by atoms with Crippen LogP contribution in [-0.2, 0) is 9.59 Å². The van der Waals surface area contributed by atoms with E-state index in [9.17, 15) is 14.4 Å². The number of fused-ring (bicyclic) bond motifs is 5. The number of ketones is 1. The summed E-state index contributed by atoms with van der Waals surface area (Å²) in [5.41, 5.74) is 1.15. The smallest absolute Gasteiger partial charge is 0.324 e. The quantitative estimate of drug-likeness (QED) is 0.468. The number of nitrogens with zero attached hydrogens (tertiary/aromatic N) is 1. The van der Waals surface area contributed by atoms with Gasteiger partial charge in [0.25, 0.3) is 0 Å². The molecular weight excluding hydrogens is 474 g/mol. The van der Waals surface area contributed by atoms with Crippen LogP contribution in [0.3, 0.4) is 0 Å². The zero-order chi connectivity index (χ0) is 26.5. The number of rotatable bonds is 3. The fraction of sp³-hybridized carbons (Fsp3) is 0.844. The molecule has 0 bridgehead atoms. The Kier molecular flexibility index (Phi) is 7.14. The molecule has 6 rings (SSSR count). The third-order valence-corrected chi connectivity index (χ3v) is 12.3. The zero-order valence-corrected chi connectivity index (χ0v) is 23.7. The van der Waals surface area contributed by atoms with E-state index >= 15 is 0 Å². The fourth-order valence-corrected chi connectivity index (χ4v) is 10.2. The van der Waals surface area contributed by atoms with Gasteiger partial charge in [-0.2, -0.15) is 0 Å². The number of hydrogen-bond acceptors (Lipinski definition) is 4. The summed E-state index contributed by atoms with van der Waals surface area (Å²) in [5.74, 6) is 1.73. The maximum Gasteiger partial charge on any atom is 0.324 e. The number of imide groups is 1. The first-order valence-corrected chi connectivity index (χ1v) is 15.9. The second-order valence-corrected chi connectivity index (χ2v) is 14.2. The van der Waals surface area contributed by atoms with Crippen LogP contribution in [0, 0.1) is 34.5 Å². The highest BCUT2D eigenvalue weighted by Gasteiger charge is 2.60. The van der Waals surface area contributed by atoms with Gasteiger partial charge in [0.1, 0.15) is 0 Å². The van der Waals surface area contributed by atoms with Crippen molar-refractivity contribution in [1.82, 2.24) is 15.5 Å². The number of hydrogen-bond donors (Lipinski definition) is 2. The second kappa shape index (κ2) is 10.3. The molecule has 1 heterocycles. The minimum atomic E-state index is -0.108. The van der Waals surface area contributed by atoms with E-state index in [0.717, 1.165) is 70.0 Å². The molecule has 210 valence electrons. The number of allylic oxidation sites excluding steroid dienone is 2. The topological polar surface area (TPSA) is 78.5 Å². The predicted molar refractivity (Wildman–Crippen MR) is 148 cm³/mol. The maximum atomic E-state index is 13.9. The Morgan fingerprint density at radius 1 is 0.868 bits per heavy atom. The van der Waals surface area contributed by atoms with Gasteiger partial charge in [0.05, 0.1) is 0 Å². The van der Waals surface area contributed by atoms with Crippen LogP contribution in [0.2, 0.25) is 0 Å². The van der Waals surface area contributed by atoms with Crippen molar-refractivity contribution in [2.24, 2.45) is 34.5 Å². The van der Waals surface area contributed by atoms with E-state index in [1.54, 1.807) is 0 Å². The van der Waals surface area contributed by atoms with E-state index in [2.05, 4.69) is 29.4 Å². The van der Waals surface area contributed by atoms with Crippen molar-refractivity contribution in [3.63, 3.8) is 0 Å². The van der Waals surface area contributed by atoms with Crippen LogP contribution in [0.15, 0.2) is 11.8 Å². The summed E-state index contributed by atoms with van der Waals surface area (Å²) in [4.78, 5) is 41.9. The van der Waals surface area contributed by atoms with Crippen LogP contribution >= 0.6 is 0 Å². The monoisotopic (exact) mass is 523 g/mol. The molecule has 3 amide bonds. The Balaban J connectivity index is 1.16. The van der Waals surface area contributed by atoms with Gasteiger partial charge in [0.2, 0.25) is 5.91 Å². The van der Waals surface area contributed by atoms with Gasteiger partial charge in [-0.3, -0.25) is 14.9 Å². The van der Waals surface area contributed by atoms with Crippen molar-refractivity contribution < 1.29 is 14.4 Å². The summed E-state index contributed by atoms with van der Waals surface area (Å²) in [5, 5.41) is 6.65. The summed E-state index contributed by atoms with van der Waals surface area (Å²) in [6.45, 7) is 5.61. The van der Waals surface area contributed by atoms with Gasteiger partial charge in [-0.15, -0.1) is 0 Å². The Morgan fingerprint density at radius 3 is 2.18 bits per heavy atom. The molecule has 6 nitrogen and oxygen atoms in total. The van der Waals surface area contributed by atoms with Crippen molar-refractivity contribution >= 4 is 17.7 Å². The highest BCUT2D eigenvalue weighted by molar-refractivity contribution is 5.96. The van der Waals surface area contributed by atoms with Crippen LogP contribution in [0.4, 0.5) is 4.79 Å². The summed E-state index contributed by atoms with van der Waals surface area (Å²) < 4.78 is 0. The van der Waals surface area contributed by atoms with Crippen LogP contribution in [-0.4, -0.2) is 41.2 Å². The third-order valence-electron chi connectivity index (χ3n) is 12.3. The number of carbonyl (C=O) groups is 3. The summed E-state index contributed by atoms with van der Waals surface area (Å²) in [6, 6.07) is 0.476. The molecule has 0 aromatic carbocycles. The van der Waals surface area contributed by atoms with Gasteiger partial charge in [-0.05, 0) is 81.0 Å². The SMILES string of the molecule is C[C@]12CCC(=O)C=C1NC[C@@H]1[C@H]2CC[C@]2(C)C(C(=O)NC(=O)N(C3CCCCC3)C3CCCCC3)CC[C@@H]12. The number of piperidine rings is 1. The summed E-state index contributed by atoms with van der Waals surface area (Å²) in [7, 11) is 0. The Labute approximate surface area is 229 Å². The molecule has 2 N–H and O–H groups in total. The molecule has 6 aliphatic rings. The fourth-order valence-electron chi connectivity index (χ4n) is 10.2. The minimum absolute atomic E-state index is 0.0195. The van der Waals surface area contributed by atoms with Gasteiger partial charge in [-0.25, -0.2) is 4.79 Å². The van der Waals surface area contributed by atoms with E-state index in [4.69, 9.17) is 0 Å². The molecule has 6 atom stereocenters. The zero-order valence-electron chi connectivity index (χ0n) is 23.7. The Hall–Kier alpha value is -1.85. The highest BCUT2D eigenvalue weighted by atomic mass is 16.2. The number of carbonyl (C=O) groups excluding carboxylic acids is 3. The molecule has 0 radical (unpaired) electrons. The standard InChI is InChI=1S/C32H49N3O3/c1-31-18-16-26-24(20-33-28-19-23(36)15-17-32(26,28)2)25(31)13-14-27(31)29(37)34-30(38)35(21-9-5-3-6-10-21)22-11-7-4-8-12-22/h19,21-22,24-27,33H,3-18,20H2,1-2H3,(H,34,37,38)/t24-,25-,26+,27?,31-,32+/m0/s1. The average Bonchev–Trinajstić information content (AvgIpc) is 3.28. The van der Waals surface area contributed by atoms with Crippen molar-refractivity contribution in [2.45, 2.75) is 129 Å². The van der Waals surface area contributed by atoms with E-state index in [0.29, 0.717) is 36.3 Å². The molecule has 1 saturated heterocycles. The lowest BCUT2D eigenvalue weighted by Crippen LogP contribution is -2.58. The van der Waals surface area contributed by atoms with Crippen molar-refractivity contribution in [3.8, 4) is 0 Å². The molecule has 5 fully saturated rings. The first kappa shape index (κ1) is 26.4. The van der Waals surface area contributed by atoms with Gasteiger partial charge >= 0.3 is 6.03 Å². The van der Waals surface area contributed by atoms with E-state index in [-0.39, 0.29) is 34.5 Å². The Bertz CT molecular complexity index is 962. The first-order valence-electron chi connectivity index (χ1n) is 15.9. The molecule has 1 aliphatic heterocycles. The van der Waals surface area contributed by atoms with Crippen LogP contribution < -0.4 is 10.6 Å². The maximum absolute atomic E-state index is 13.9. The lowest BCUT2D eigenvalue weighted by Gasteiger charge is -2.58. The van der Waals surface area contributed by atoms with E-state index in [1.165, 1.54) is 38.5 Å². The summed E-state index contributed by atoms with van der Waals surface area (Å²) >= 11 is 0. The van der Waals surface area contributed by atoms with Gasteiger partial charge in [0, 0.05) is 48.2 Å². The lowest BCUT2D eigenvalue weighted by atomic mass is 9.50. The lowest BCUT2D eigenvalue weighted by molar-refractivity contribution is -0.131. The number of urea groups is 1. The highest BCUT2D eigenvalue weighted by Crippen LogP contribution is 2.64. The average molecular weight is 524 g/mol.